The molecule has 4 heteroatoms. The Balaban J connectivity index is 1.70. The molecule has 0 amide bonds. The fraction of sp³-hybridized carbons (Fsp3) is 0.571. The molecule has 2 aliphatic rings. The van der Waals surface area contributed by atoms with Gasteiger partial charge < -0.3 is 5.73 Å². The van der Waals surface area contributed by atoms with Crippen LogP contribution < -0.4 is 5.73 Å². The van der Waals surface area contributed by atoms with Crippen LogP contribution in [-0.4, -0.2) is 24.0 Å². The average molecular weight is 269 g/mol. The first-order valence-electron chi connectivity index (χ1n) is 6.56. The highest BCUT2D eigenvalue weighted by molar-refractivity contribution is 6.30. The van der Waals surface area contributed by atoms with Crippen molar-refractivity contribution in [3.8, 4) is 0 Å². The minimum Gasteiger partial charge on any atom is -0.327 e. The molecule has 1 aliphatic heterocycles. The molecule has 0 aromatic heterocycles. The van der Waals surface area contributed by atoms with E-state index in [9.17, 15) is 4.39 Å². The Morgan fingerprint density at radius 1 is 1.33 bits per heavy atom. The monoisotopic (exact) mass is 268 g/mol. The summed E-state index contributed by atoms with van der Waals surface area (Å²) in [6.45, 7) is 2.69. The van der Waals surface area contributed by atoms with Crippen LogP contribution in [0.4, 0.5) is 4.39 Å². The van der Waals surface area contributed by atoms with Gasteiger partial charge in [0.05, 0.1) is 5.02 Å². The Kier molecular flexibility index (Phi) is 3.31. The molecule has 2 fully saturated rings. The maximum Gasteiger partial charge on any atom is 0.146 e. The fourth-order valence-corrected chi connectivity index (χ4v) is 3.63. The van der Waals surface area contributed by atoms with Crippen molar-refractivity contribution in [2.24, 2.45) is 17.6 Å². The van der Waals surface area contributed by atoms with Crippen LogP contribution in [0.3, 0.4) is 0 Å². The second-order valence-electron chi connectivity index (χ2n) is 5.57. The topological polar surface area (TPSA) is 29.3 Å². The van der Waals surface area contributed by atoms with Crippen LogP contribution in [-0.2, 0) is 6.54 Å². The summed E-state index contributed by atoms with van der Waals surface area (Å²) in [5.74, 6) is 1.04. The van der Waals surface area contributed by atoms with E-state index in [1.807, 2.05) is 12.1 Å². The lowest BCUT2D eigenvalue weighted by Gasteiger charge is -2.18. The number of rotatable bonds is 2. The first kappa shape index (κ1) is 12.4. The minimum absolute atomic E-state index is 0.212. The Hall–Kier alpha value is -0.640. The van der Waals surface area contributed by atoms with Gasteiger partial charge in [0.1, 0.15) is 5.82 Å². The second-order valence-corrected chi connectivity index (χ2v) is 5.98. The molecular formula is C14H18ClFN2. The van der Waals surface area contributed by atoms with Gasteiger partial charge in [-0.3, -0.25) is 4.90 Å². The highest BCUT2D eigenvalue weighted by Crippen LogP contribution is 2.37. The summed E-state index contributed by atoms with van der Waals surface area (Å²) in [5.41, 5.74) is 6.80. The molecule has 1 aromatic rings. The number of benzene rings is 1. The summed E-state index contributed by atoms with van der Waals surface area (Å²) >= 11 is 5.80. The lowest BCUT2D eigenvalue weighted by molar-refractivity contribution is 0.294. The lowest BCUT2D eigenvalue weighted by atomic mass is 9.98. The fourth-order valence-electron chi connectivity index (χ4n) is 3.44. The molecule has 0 bridgehead atoms. The Morgan fingerprint density at radius 3 is 2.94 bits per heavy atom. The van der Waals surface area contributed by atoms with E-state index >= 15 is 0 Å². The minimum atomic E-state index is -0.277. The molecule has 18 heavy (non-hydrogen) atoms. The normalized spacial score (nSPS) is 31.8. The van der Waals surface area contributed by atoms with Gasteiger partial charge in [-0.25, -0.2) is 4.39 Å². The van der Waals surface area contributed by atoms with E-state index in [4.69, 9.17) is 17.3 Å². The van der Waals surface area contributed by atoms with E-state index in [0.29, 0.717) is 30.0 Å². The van der Waals surface area contributed by atoms with Crippen LogP contribution in [0.2, 0.25) is 5.02 Å². The van der Waals surface area contributed by atoms with Crippen molar-refractivity contribution in [3.63, 3.8) is 0 Å². The Morgan fingerprint density at radius 2 is 2.17 bits per heavy atom. The molecule has 2 nitrogen and oxygen atoms in total. The third-order valence-electron chi connectivity index (χ3n) is 4.41. The van der Waals surface area contributed by atoms with E-state index in [1.165, 1.54) is 6.42 Å². The second kappa shape index (κ2) is 4.80. The van der Waals surface area contributed by atoms with Crippen LogP contribution in [0.5, 0.6) is 0 Å². The van der Waals surface area contributed by atoms with Gasteiger partial charge in [-0.15, -0.1) is 0 Å². The molecule has 98 valence electrons. The first-order valence-corrected chi connectivity index (χ1v) is 6.94. The summed E-state index contributed by atoms with van der Waals surface area (Å²) in [6.07, 6.45) is 2.37. The van der Waals surface area contributed by atoms with E-state index in [1.54, 1.807) is 6.07 Å². The molecule has 1 saturated carbocycles. The number of hydrogen-bond donors (Lipinski definition) is 1. The molecule has 1 heterocycles. The molecule has 1 aromatic carbocycles. The quantitative estimate of drug-likeness (QED) is 0.894. The average Bonchev–Trinajstić information content (AvgIpc) is 2.88. The first-order chi connectivity index (χ1) is 8.65. The molecule has 0 radical (unpaired) electrons. The van der Waals surface area contributed by atoms with Gasteiger partial charge in [0, 0.05) is 31.2 Å². The molecule has 0 spiro atoms. The summed E-state index contributed by atoms with van der Waals surface area (Å²) in [7, 11) is 0. The zero-order valence-electron chi connectivity index (χ0n) is 10.3. The van der Waals surface area contributed by atoms with Gasteiger partial charge in [0.25, 0.3) is 0 Å². The van der Waals surface area contributed by atoms with Crippen molar-refractivity contribution in [2.75, 3.05) is 13.1 Å². The number of likely N-dealkylation sites (tertiary alicyclic amines) is 1. The maximum absolute atomic E-state index is 13.8. The standard InChI is InChI=1S/C14H18ClFN2/c15-12-3-1-2-10(14(12)16)7-18-6-9-4-5-13(17)11(9)8-18/h1-3,9,11,13H,4-8,17H2. The van der Waals surface area contributed by atoms with E-state index in [0.717, 1.165) is 19.5 Å². The van der Waals surface area contributed by atoms with Gasteiger partial charge >= 0.3 is 0 Å². The maximum atomic E-state index is 13.8. The number of fused-ring (bicyclic) bond motifs is 1. The van der Waals surface area contributed by atoms with Gasteiger partial charge in [0.2, 0.25) is 0 Å². The third kappa shape index (κ3) is 2.15. The van der Waals surface area contributed by atoms with Crippen molar-refractivity contribution >= 4 is 11.6 Å². The van der Waals surface area contributed by atoms with Crippen LogP contribution in [0.15, 0.2) is 18.2 Å². The van der Waals surface area contributed by atoms with Gasteiger partial charge in [-0.05, 0) is 30.7 Å². The van der Waals surface area contributed by atoms with E-state index in [2.05, 4.69) is 4.90 Å². The number of hydrogen-bond acceptors (Lipinski definition) is 2. The van der Waals surface area contributed by atoms with Crippen molar-refractivity contribution in [1.82, 2.24) is 4.90 Å². The van der Waals surface area contributed by atoms with Crippen LogP contribution in [0, 0.1) is 17.7 Å². The van der Waals surface area contributed by atoms with E-state index < -0.39 is 0 Å². The van der Waals surface area contributed by atoms with E-state index in [-0.39, 0.29) is 10.8 Å². The van der Waals surface area contributed by atoms with Gasteiger partial charge in [-0.1, -0.05) is 23.7 Å². The van der Waals surface area contributed by atoms with Crippen molar-refractivity contribution in [1.29, 1.82) is 0 Å². The lowest BCUT2D eigenvalue weighted by Crippen LogP contribution is -2.30. The smallest absolute Gasteiger partial charge is 0.146 e. The SMILES string of the molecule is NC1CCC2CN(Cc3cccc(Cl)c3F)CC12. The summed E-state index contributed by atoms with van der Waals surface area (Å²) in [4.78, 5) is 2.31. The zero-order chi connectivity index (χ0) is 12.7. The Labute approximate surface area is 112 Å². The van der Waals surface area contributed by atoms with Gasteiger partial charge in [-0.2, -0.15) is 0 Å². The number of nitrogens with two attached hydrogens (primary N) is 1. The Bertz CT molecular complexity index is 451. The van der Waals surface area contributed by atoms with Crippen LogP contribution in [0.1, 0.15) is 18.4 Å². The van der Waals surface area contributed by atoms with Crippen LogP contribution in [0.25, 0.3) is 0 Å². The predicted molar refractivity (Wildman–Crippen MR) is 70.9 cm³/mol. The molecule has 3 unspecified atom stereocenters. The number of halogens is 2. The molecule has 2 N–H and O–H groups in total. The highest BCUT2D eigenvalue weighted by Gasteiger charge is 2.40. The van der Waals surface area contributed by atoms with Crippen molar-refractivity contribution in [3.05, 3.63) is 34.6 Å². The van der Waals surface area contributed by atoms with Crippen molar-refractivity contribution in [2.45, 2.75) is 25.4 Å². The molecule has 3 atom stereocenters. The molecule has 1 aliphatic carbocycles. The summed E-state index contributed by atoms with van der Waals surface area (Å²) < 4.78 is 13.8. The van der Waals surface area contributed by atoms with Crippen LogP contribution >= 0.6 is 11.6 Å². The van der Waals surface area contributed by atoms with Crippen molar-refractivity contribution < 1.29 is 4.39 Å². The summed E-state index contributed by atoms with van der Waals surface area (Å²) in [6, 6.07) is 5.55. The number of nitrogens with zero attached hydrogens (tertiary/aromatic N) is 1. The van der Waals surface area contributed by atoms with Gasteiger partial charge in [0.15, 0.2) is 0 Å². The predicted octanol–water partition coefficient (Wildman–Crippen LogP) is 2.65. The largest absolute Gasteiger partial charge is 0.327 e. The molecule has 3 rings (SSSR count). The zero-order valence-corrected chi connectivity index (χ0v) is 11.0. The third-order valence-corrected chi connectivity index (χ3v) is 4.71. The summed E-state index contributed by atoms with van der Waals surface area (Å²) in [5, 5.41) is 0.212. The molecule has 1 saturated heterocycles. The highest BCUT2D eigenvalue weighted by atomic mass is 35.5. The molecular weight excluding hydrogens is 251 g/mol.